The number of hydrogen-bond acceptors (Lipinski definition) is 5. The number of piperidine rings is 1. The van der Waals surface area contributed by atoms with Crippen molar-refractivity contribution in [2.24, 2.45) is 21.7 Å². The van der Waals surface area contributed by atoms with Gasteiger partial charge in [-0.3, -0.25) is 4.79 Å². The summed E-state index contributed by atoms with van der Waals surface area (Å²) < 4.78 is 6.09. The minimum Gasteiger partial charge on any atom is -0.487 e. The fourth-order valence-corrected chi connectivity index (χ4v) is 5.99. The molecule has 9 heteroatoms. The topological polar surface area (TPSA) is 111 Å². The van der Waals surface area contributed by atoms with Crippen LogP contribution in [0.2, 0.25) is 0 Å². The van der Waals surface area contributed by atoms with Gasteiger partial charge in [-0.15, -0.1) is 5.11 Å². The highest BCUT2D eigenvalue weighted by molar-refractivity contribution is 5.98. The summed E-state index contributed by atoms with van der Waals surface area (Å²) in [4.78, 5) is 30.9. The van der Waals surface area contributed by atoms with Crippen LogP contribution in [0.4, 0.5) is 10.5 Å². The van der Waals surface area contributed by atoms with Crippen molar-refractivity contribution < 1.29 is 14.3 Å². The monoisotopic (exact) mass is 630 g/mol. The smallest absolute Gasteiger partial charge is 0.341 e. The average molecular weight is 631 g/mol. The summed E-state index contributed by atoms with van der Waals surface area (Å²) in [5.74, 6) is 0.595. The number of likely N-dealkylation sites (tertiary alicyclic amines) is 1. The van der Waals surface area contributed by atoms with Crippen LogP contribution in [0.25, 0.3) is 10.9 Å². The van der Waals surface area contributed by atoms with E-state index in [1.807, 2.05) is 96.9 Å². The van der Waals surface area contributed by atoms with Crippen LogP contribution in [-0.2, 0) is 11.2 Å². The molecule has 4 aromatic rings. The highest BCUT2D eigenvalue weighted by atomic mass is 16.5. The molecule has 0 radical (unpaired) electrons. The van der Waals surface area contributed by atoms with Crippen molar-refractivity contribution in [1.29, 1.82) is 0 Å². The maximum Gasteiger partial charge on any atom is 0.341 e. The van der Waals surface area contributed by atoms with Crippen molar-refractivity contribution in [2.75, 3.05) is 18.4 Å². The van der Waals surface area contributed by atoms with Gasteiger partial charge in [-0.05, 0) is 96.0 Å². The molecule has 3 aromatic carbocycles. The first kappa shape index (κ1) is 31.8. The fraction of sp³-hybridized carbons (Fsp3) is 0.316. The number of hydrogen-bond donors (Lipinski definition) is 3. The number of nitrogens with one attached hydrogen (secondary N) is 3. The summed E-state index contributed by atoms with van der Waals surface area (Å²) >= 11 is 0. The molecular weight excluding hydrogens is 588 g/mol. The van der Waals surface area contributed by atoms with Crippen LogP contribution in [0.5, 0.6) is 0 Å². The number of amides is 3. The van der Waals surface area contributed by atoms with Gasteiger partial charge < -0.3 is 19.9 Å². The zero-order valence-corrected chi connectivity index (χ0v) is 27.4. The molecule has 3 N–H and O–H groups in total. The van der Waals surface area contributed by atoms with Gasteiger partial charge in [-0.1, -0.05) is 74.0 Å². The van der Waals surface area contributed by atoms with E-state index < -0.39 is 12.1 Å². The Kier molecular flexibility index (Phi) is 9.24. The van der Waals surface area contributed by atoms with Gasteiger partial charge in [0.15, 0.2) is 6.10 Å². The number of anilines is 1. The van der Waals surface area contributed by atoms with Gasteiger partial charge in [0.1, 0.15) is 5.70 Å². The Balaban J connectivity index is 0.990. The lowest BCUT2D eigenvalue weighted by molar-refractivity contribution is 0.0690. The Morgan fingerprint density at radius 3 is 2.45 bits per heavy atom. The van der Waals surface area contributed by atoms with Crippen molar-refractivity contribution in [1.82, 2.24) is 15.3 Å². The van der Waals surface area contributed by atoms with Gasteiger partial charge in [0.05, 0.1) is 6.26 Å². The number of urea groups is 1. The number of benzene rings is 3. The molecule has 1 unspecified atom stereocenters. The largest absolute Gasteiger partial charge is 0.487 e. The number of aromatic nitrogens is 1. The second-order valence-corrected chi connectivity index (χ2v) is 13.5. The normalized spacial score (nSPS) is 17.3. The first-order chi connectivity index (χ1) is 22.6. The number of carbonyl (C=O) groups excluding carboxylic acids is 2. The maximum absolute atomic E-state index is 13.1. The molecule has 0 spiro atoms. The molecule has 1 aromatic heterocycles. The third-order valence-electron chi connectivity index (χ3n) is 8.91. The van der Waals surface area contributed by atoms with E-state index in [4.69, 9.17) is 4.74 Å². The summed E-state index contributed by atoms with van der Waals surface area (Å²) in [6.45, 7) is 9.86. The van der Waals surface area contributed by atoms with Gasteiger partial charge in [-0.25, -0.2) is 10.2 Å². The van der Waals surface area contributed by atoms with Gasteiger partial charge in [0.25, 0.3) is 5.91 Å². The zero-order chi connectivity index (χ0) is 33.0. The predicted octanol–water partition coefficient (Wildman–Crippen LogP) is 8.65. The lowest BCUT2D eigenvalue weighted by Crippen LogP contribution is -2.38. The molecule has 1 saturated heterocycles. The quantitative estimate of drug-likeness (QED) is 0.140. The predicted molar refractivity (Wildman–Crippen MR) is 185 cm³/mol. The van der Waals surface area contributed by atoms with E-state index in [9.17, 15) is 9.59 Å². The molecule has 0 saturated carbocycles. The minimum absolute atomic E-state index is 0.0922. The summed E-state index contributed by atoms with van der Waals surface area (Å²) in [6.07, 6.45) is 8.08. The van der Waals surface area contributed by atoms with Crippen LogP contribution >= 0.6 is 0 Å². The molecule has 1 fully saturated rings. The third-order valence-corrected chi connectivity index (χ3v) is 8.91. The van der Waals surface area contributed by atoms with E-state index in [0.717, 1.165) is 65.5 Å². The van der Waals surface area contributed by atoms with Crippen LogP contribution in [-0.4, -0.2) is 34.9 Å². The molecule has 242 valence electrons. The molecular formula is C38H42N6O3. The summed E-state index contributed by atoms with van der Waals surface area (Å²) in [7, 11) is 0. The number of carbonyl (C=O) groups is 2. The van der Waals surface area contributed by atoms with Gasteiger partial charge in [0, 0.05) is 36.1 Å². The van der Waals surface area contributed by atoms with E-state index >= 15 is 0 Å². The van der Waals surface area contributed by atoms with Crippen molar-refractivity contribution in [3.63, 3.8) is 0 Å². The second-order valence-electron chi connectivity index (χ2n) is 13.5. The first-order valence-corrected chi connectivity index (χ1v) is 16.2. The van der Waals surface area contributed by atoms with E-state index in [-0.39, 0.29) is 11.3 Å². The lowest BCUT2D eigenvalue weighted by Gasteiger charge is -2.32. The van der Waals surface area contributed by atoms with E-state index in [2.05, 4.69) is 46.8 Å². The average Bonchev–Trinajstić information content (AvgIpc) is 3.54. The highest BCUT2D eigenvalue weighted by Crippen LogP contribution is 2.37. The summed E-state index contributed by atoms with van der Waals surface area (Å²) in [6, 6.07) is 23.3. The Hall–Kier alpha value is -5.18. The van der Waals surface area contributed by atoms with Crippen molar-refractivity contribution in [3.05, 3.63) is 125 Å². The molecule has 2 aliphatic rings. The first-order valence-electron chi connectivity index (χ1n) is 16.2. The molecule has 6 rings (SSSR count). The van der Waals surface area contributed by atoms with E-state index in [1.54, 1.807) is 6.26 Å². The molecule has 3 heterocycles. The molecule has 9 nitrogen and oxygen atoms in total. The number of ether oxygens (including phenoxy) is 1. The highest BCUT2D eigenvalue weighted by Gasteiger charge is 2.27. The second kappa shape index (κ2) is 13.7. The number of aromatic amines is 1. The SMILES string of the molecule is Cc1ccc(C2OC=C(C(C)(C)C)C=C2N=NNC(=O)Nc2ccc(CC3CCN(C(=O)c4ccc5cc[nH]c5c4)CC3)cc2)cc1. The third kappa shape index (κ3) is 7.80. The van der Waals surface area contributed by atoms with E-state index in [1.165, 1.54) is 5.56 Å². The Morgan fingerprint density at radius 2 is 1.72 bits per heavy atom. The van der Waals surface area contributed by atoms with Crippen LogP contribution in [0.15, 0.2) is 113 Å². The number of aryl methyl sites for hydroxylation is 1. The zero-order valence-electron chi connectivity index (χ0n) is 27.4. The molecule has 1 atom stereocenters. The molecule has 47 heavy (non-hydrogen) atoms. The number of fused-ring (bicyclic) bond motifs is 1. The Labute approximate surface area is 275 Å². The summed E-state index contributed by atoms with van der Waals surface area (Å²) in [5, 5.41) is 12.3. The Bertz CT molecular complexity index is 1820. The van der Waals surface area contributed by atoms with Gasteiger partial charge in [-0.2, -0.15) is 0 Å². The minimum atomic E-state index is -0.482. The summed E-state index contributed by atoms with van der Waals surface area (Å²) in [5.41, 5.74) is 9.64. The van der Waals surface area contributed by atoms with Crippen LogP contribution in [0.1, 0.15) is 66.8 Å². The van der Waals surface area contributed by atoms with Crippen molar-refractivity contribution in [2.45, 2.75) is 53.1 Å². The molecule has 2 aliphatic heterocycles. The van der Waals surface area contributed by atoms with Gasteiger partial charge in [0.2, 0.25) is 0 Å². The molecule has 3 amide bonds. The number of allylic oxidation sites excluding steroid dienone is 2. The van der Waals surface area contributed by atoms with Crippen molar-refractivity contribution in [3.8, 4) is 0 Å². The van der Waals surface area contributed by atoms with Crippen molar-refractivity contribution >= 4 is 28.5 Å². The number of nitrogens with zero attached hydrogens (tertiary/aromatic N) is 3. The Morgan fingerprint density at radius 1 is 0.979 bits per heavy atom. The van der Waals surface area contributed by atoms with E-state index in [0.29, 0.717) is 17.3 Å². The standard InChI is InChI=1S/C38H42N6O3/c1-25-5-9-29(10-6-25)35-34(23-31(24-47-35)38(2,3)4)41-43-42-37(46)40-32-13-7-26(8-14-32)21-27-16-19-44(20-17-27)36(45)30-12-11-28-15-18-39-33(28)22-30/h5-15,18,22-24,27,35,39H,16-17,19-21H2,1-4H3,(H2,40,41,42,46). The van der Waals surface area contributed by atoms with Crippen LogP contribution in [0, 0.1) is 18.3 Å². The number of rotatable bonds is 7. The molecule has 0 bridgehead atoms. The van der Waals surface area contributed by atoms with Crippen LogP contribution < -0.4 is 10.7 Å². The maximum atomic E-state index is 13.1. The lowest BCUT2D eigenvalue weighted by atomic mass is 9.85. The molecule has 0 aliphatic carbocycles. The number of H-pyrrole nitrogens is 1. The van der Waals surface area contributed by atoms with Gasteiger partial charge >= 0.3 is 6.03 Å². The van der Waals surface area contributed by atoms with Crippen LogP contribution in [0.3, 0.4) is 0 Å². The fourth-order valence-electron chi connectivity index (χ4n) is 5.99.